The highest BCUT2D eigenvalue weighted by Crippen LogP contribution is 2.48. The van der Waals surface area contributed by atoms with Crippen LogP contribution in [0.3, 0.4) is 0 Å². The van der Waals surface area contributed by atoms with Gasteiger partial charge in [-0.1, -0.05) is 26.2 Å². The molecule has 1 saturated carbocycles. The fraction of sp³-hybridized carbons (Fsp3) is 0.688. The van der Waals surface area contributed by atoms with Gasteiger partial charge < -0.3 is 5.73 Å². The number of nitriles is 1. The Hall–Kier alpha value is -1.01. The summed E-state index contributed by atoms with van der Waals surface area (Å²) in [6, 6.07) is 2.67. The zero-order valence-electron chi connectivity index (χ0n) is 11.7. The topological polar surface area (TPSA) is 49.8 Å². The Kier molecular flexibility index (Phi) is 3.30. The third-order valence-corrected chi connectivity index (χ3v) is 6.18. The van der Waals surface area contributed by atoms with Crippen LogP contribution >= 0.6 is 11.3 Å². The van der Waals surface area contributed by atoms with E-state index in [1.807, 2.05) is 0 Å². The van der Waals surface area contributed by atoms with E-state index in [4.69, 9.17) is 5.73 Å². The van der Waals surface area contributed by atoms with Gasteiger partial charge in [-0.2, -0.15) is 5.26 Å². The summed E-state index contributed by atoms with van der Waals surface area (Å²) < 4.78 is 0. The fourth-order valence-electron chi connectivity index (χ4n) is 3.72. The number of hydrogen-bond donors (Lipinski definition) is 1. The molecule has 0 radical (unpaired) electrons. The third-order valence-electron chi connectivity index (χ3n) is 5.08. The molecule has 0 bridgehead atoms. The van der Waals surface area contributed by atoms with Gasteiger partial charge in [-0.05, 0) is 42.7 Å². The number of nitrogens with two attached hydrogens (primary N) is 1. The zero-order chi connectivity index (χ0) is 13.5. The van der Waals surface area contributed by atoms with E-state index in [0.29, 0.717) is 0 Å². The molecule has 2 nitrogen and oxygen atoms in total. The van der Waals surface area contributed by atoms with Gasteiger partial charge in [0.1, 0.15) is 0 Å². The summed E-state index contributed by atoms with van der Waals surface area (Å²) in [6.45, 7) is 2.18. The van der Waals surface area contributed by atoms with Crippen LogP contribution in [0.1, 0.15) is 55.0 Å². The second-order valence-electron chi connectivity index (χ2n) is 6.27. The molecule has 2 aliphatic rings. The van der Waals surface area contributed by atoms with Gasteiger partial charge in [0.25, 0.3) is 0 Å². The van der Waals surface area contributed by atoms with E-state index in [-0.39, 0.29) is 5.41 Å². The number of nitrogen functional groups attached to an aromatic ring is 1. The smallest absolute Gasteiger partial charge is 0.0894 e. The van der Waals surface area contributed by atoms with Gasteiger partial charge in [0.2, 0.25) is 0 Å². The molecule has 1 atom stereocenters. The predicted molar refractivity (Wildman–Crippen MR) is 80.1 cm³/mol. The molecule has 0 spiro atoms. The van der Waals surface area contributed by atoms with Crippen molar-refractivity contribution in [2.45, 2.75) is 58.3 Å². The summed E-state index contributed by atoms with van der Waals surface area (Å²) in [5, 5.41) is 10.7. The van der Waals surface area contributed by atoms with E-state index in [1.165, 1.54) is 35.3 Å². The summed E-state index contributed by atoms with van der Waals surface area (Å²) in [5.74, 6) is 0.809. The molecular formula is C16H22N2S. The van der Waals surface area contributed by atoms with Crippen LogP contribution < -0.4 is 5.73 Å². The van der Waals surface area contributed by atoms with Crippen LogP contribution in [0.15, 0.2) is 0 Å². The molecular weight excluding hydrogens is 252 g/mol. The van der Waals surface area contributed by atoms with Crippen LogP contribution in [-0.2, 0) is 19.3 Å². The molecule has 1 unspecified atom stereocenters. The lowest BCUT2D eigenvalue weighted by molar-refractivity contribution is 0.191. The molecule has 2 aliphatic carbocycles. The summed E-state index contributed by atoms with van der Waals surface area (Å²) in [4.78, 5) is 1.40. The quantitative estimate of drug-likeness (QED) is 0.902. The van der Waals surface area contributed by atoms with Crippen molar-refractivity contribution in [3.05, 3.63) is 16.0 Å². The van der Waals surface area contributed by atoms with Crippen LogP contribution in [0, 0.1) is 22.7 Å². The number of rotatable bonds is 3. The Bertz CT molecular complexity index is 522. The minimum Gasteiger partial charge on any atom is -0.390 e. The molecule has 2 N–H and O–H groups in total. The van der Waals surface area contributed by atoms with Gasteiger partial charge in [-0.25, -0.2) is 0 Å². The minimum atomic E-state index is -0.0968. The van der Waals surface area contributed by atoms with Crippen molar-refractivity contribution in [3.63, 3.8) is 0 Å². The van der Waals surface area contributed by atoms with E-state index in [1.54, 1.807) is 11.3 Å². The standard InChI is InChI=1S/C16H22N2S/c1-2-12-13-6-7-16(10-17,8-11-4-3-5-11)9-14(13)19-15(12)18/h11H,2-9,18H2,1H3. The van der Waals surface area contributed by atoms with Gasteiger partial charge >= 0.3 is 0 Å². The molecule has 1 aromatic rings. The van der Waals surface area contributed by atoms with Crippen molar-refractivity contribution >= 4 is 16.3 Å². The molecule has 1 fully saturated rings. The van der Waals surface area contributed by atoms with E-state index in [2.05, 4.69) is 13.0 Å². The summed E-state index contributed by atoms with van der Waals surface area (Å²) in [7, 11) is 0. The lowest BCUT2D eigenvalue weighted by Gasteiger charge is -2.37. The number of thiophene rings is 1. The third kappa shape index (κ3) is 2.17. The van der Waals surface area contributed by atoms with Crippen molar-refractivity contribution in [3.8, 4) is 6.07 Å². The molecule has 0 aromatic carbocycles. The molecule has 1 heterocycles. The Morgan fingerprint density at radius 2 is 2.26 bits per heavy atom. The molecule has 0 saturated heterocycles. The lowest BCUT2D eigenvalue weighted by atomic mass is 9.66. The first-order valence-corrected chi connectivity index (χ1v) is 8.29. The SMILES string of the molecule is CCc1c(N)sc2c1CCC(C#N)(CC1CCC1)C2. The Morgan fingerprint density at radius 3 is 2.84 bits per heavy atom. The first kappa shape index (κ1) is 13.0. The molecule has 102 valence electrons. The maximum absolute atomic E-state index is 9.69. The summed E-state index contributed by atoms with van der Waals surface area (Å²) in [5.41, 5.74) is 8.87. The normalized spacial score (nSPS) is 26.5. The number of anilines is 1. The summed E-state index contributed by atoms with van der Waals surface area (Å²) in [6.07, 6.45) is 9.23. The molecule has 0 aliphatic heterocycles. The van der Waals surface area contributed by atoms with Gasteiger partial charge in [-0.3, -0.25) is 0 Å². The molecule has 1 aromatic heterocycles. The Morgan fingerprint density at radius 1 is 1.47 bits per heavy atom. The van der Waals surface area contributed by atoms with Crippen LogP contribution in [0.25, 0.3) is 0 Å². The van der Waals surface area contributed by atoms with Crippen molar-refractivity contribution in [2.24, 2.45) is 11.3 Å². The van der Waals surface area contributed by atoms with E-state index in [9.17, 15) is 5.26 Å². The average molecular weight is 274 g/mol. The minimum absolute atomic E-state index is 0.0968. The van der Waals surface area contributed by atoms with E-state index >= 15 is 0 Å². The van der Waals surface area contributed by atoms with Crippen molar-refractivity contribution in [1.82, 2.24) is 0 Å². The average Bonchev–Trinajstić information content (AvgIpc) is 2.68. The highest BCUT2D eigenvalue weighted by Gasteiger charge is 2.39. The highest BCUT2D eigenvalue weighted by molar-refractivity contribution is 7.16. The first-order valence-electron chi connectivity index (χ1n) is 7.47. The molecule has 3 rings (SSSR count). The van der Waals surface area contributed by atoms with Gasteiger partial charge in [0.15, 0.2) is 0 Å². The second-order valence-corrected chi connectivity index (χ2v) is 7.41. The van der Waals surface area contributed by atoms with Crippen LogP contribution in [-0.4, -0.2) is 0 Å². The zero-order valence-corrected chi connectivity index (χ0v) is 12.5. The van der Waals surface area contributed by atoms with Gasteiger partial charge in [0, 0.05) is 11.3 Å². The monoisotopic (exact) mass is 274 g/mol. The maximum Gasteiger partial charge on any atom is 0.0894 e. The number of fused-ring (bicyclic) bond motifs is 1. The fourth-order valence-corrected chi connectivity index (χ4v) is 5.07. The second kappa shape index (κ2) is 4.83. The predicted octanol–water partition coefficient (Wildman–Crippen LogP) is 4.08. The van der Waals surface area contributed by atoms with Crippen LogP contribution in [0.2, 0.25) is 0 Å². The van der Waals surface area contributed by atoms with Gasteiger partial charge in [-0.15, -0.1) is 11.3 Å². The maximum atomic E-state index is 9.69. The van der Waals surface area contributed by atoms with Crippen molar-refractivity contribution in [1.29, 1.82) is 5.26 Å². The van der Waals surface area contributed by atoms with Gasteiger partial charge in [0.05, 0.1) is 16.5 Å². The van der Waals surface area contributed by atoms with Crippen molar-refractivity contribution < 1.29 is 0 Å². The van der Waals surface area contributed by atoms with E-state index in [0.717, 1.165) is 43.0 Å². The van der Waals surface area contributed by atoms with E-state index < -0.39 is 0 Å². The molecule has 19 heavy (non-hydrogen) atoms. The number of hydrogen-bond acceptors (Lipinski definition) is 3. The number of nitrogens with zero attached hydrogens (tertiary/aromatic N) is 1. The molecule has 3 heteroatoms. The molecule has 0 amide bonds. The lowest BCUT2D eigenvalue weighted by Crippen LogP contribution is -2.31. The Balaban J connectivity index is 1.85. The summed E-state index contributed by atoms with van der Waals surface area (Å²) >= 11 is 1.74. The first-order chi connectivity index (χ1) is 9.17. The Labute approximate surface area is 119 Å². The van der Waals surface area contributed by atoms with Crippen molar-refractivity contribution in [2.75, 3.05) is 5.73 Å². The highest BCUT2D eigenvalue weighted by atomic mass is 32.1. The van der Waals surface area contributed by atoms with Crippen LogP contribution in [0.5, 0.6) is 0 Å². The van der Waals surface area contributed by atoms with Crippen LogP contribution in [0.4, 0.5) is 5.00 Å². The largest absolute Gasteiger partial charge is 0.390 e.